The van der Waals surface area contributed by atoms with E-state index in [1.54, 1.807) is 6.92 Å². The zero-order chi connectivity index (χ0) is 9.45. The predicted octanol–water partition coefficient (Wildman–Crippen LogP) is 0.936. The Morgan fingerprint density at radius 3 is 2.50 bits per heavy atom. The normalized spacial score (nSPS) is 16.0. The van der Waals surface area contributed by atoms with Gasteiger partial charge in [-0.25, -0.2) is 0 Å². The highest BCUT2D eigenvalue weighted by molar-refractivity contribution is 4.69. The molecule has 0 bridgehead atoms. The largest absolute Gasteiger partial charge is 0.393 e. The lowest BCUT2D eigenvalue weighted by Gasteiger charge is -2.19. The van der Waals surface area contributed by atoms with E-state index in [9.17, 15) is 5.11 Å². The van der Waals surface area contributed by atoms with Gasteiger partial charge in [-0.2, -0.15) is 0 Å². The molecule has 0 aromatic heterocycles. The molecule has 0 heterocycles. The van der Waals surface area contributed by atoms with Crippen molar-refractivity contribution in [1.29, 1.82) is 0 Å². The molecule has 3 nitrogen and oxygen atoms in total. The fourth-order valence-electron chi connectivity index (χ4n) is 0.720. The van der Waals surface area contributed by atoms with Crippen molar-refractivity contribution in [2.45, 2.75) is 38.7 Å². The lowest BCUT2D eigenvalue weighted by atomic mass is 10.1. The van der Waals surface area contributed by atoms with Gasteiger partial charge >= 0.3 is 0 Å². The maximum atomic E-state index is 9.35. The van der Waals surface area contributed by atoms with Gasteiger partial charge in [0.2, 0.25) is 0 Å². The van der Waals surface area contributed by atoms with Gasteiger partial charge in [0.25, 0.3) is 0 Å². The second-order valence-corrected chi connectivity index (χ2v) is 3.37. The smallest absolute Gasteiger partial charge is 0.0871 e. The van der Waals surface area contributed by atoms with Crippen molar-refractivity contribution in [1.82, 2.24) is 0 Å². The van der Waals surface area contributed by atoms with Crippen LogP contribution < -0.4 is 0 Å². The second-order valence-electron chi connectivity index (χ2n) is 3.37. The summed E-state index contributed by atoms with van der Waals surface area (Å²) in [5, 5.41) is 18.0. The third kappa shape index (κ3) is 6.58. The van der Waals surface area contributed by atoms with E-state index < -0.39 is 5.60 Å². The zero-order valence-corrected chi connectivity index (χ0v) is 8.05. The van der Waals surface area contributed by atoms with E-state index in [-0.39, 0.29) is 6.61 Å². The topological polar surface area (TPSA) is 49.7 Å². The quantitative estimate of drug-likeness (QED) is 0.567. The minimum absolute atomic E-state index is 0.204. The van der Waals surface area contributed by atoms with Crippen LogP contribution in [0, 0.1) is 0 Å². The molecule has 0 saturated carbocycles. The lowest BCUT2D eigenvalue weighted by molar-refractivity contribution is -0.0268. The third-order valence-electron chi connectivity index (χ3n) is 1.77. The van der Waals surface area contributed by atoms with Gasteiger partial charge in [0.05, 0.1) is 12.2 Å². The molecule has 0 aromatic rings. The molecule has 0 aromatic carbocycles. The highest BCUT2D eigenvalue weighted by Gasteiger charge is 2.17. The molecule has 0 aliphatic rings. The van der Waals surface area contributed by atoms with Crippen LogP contribution >= 0.6 is 0 Å². The summed E-state index contributed by atoms with van der Waals surface area (Å²) in [4.78, 5) is 0. The standard InChI is InChI=1S/C9H20O3/c1-3-4-6-12-7-5-9(2,11)8-10/h10-11H,3-8H2,1-2H3. The van der Waals surface area contributed by atoms with Gasteiger partial charge in [0, 0.05) is 19.6 Å². The summed E-state index contributed by atoms with van der Waals surface area (Å²) in [7, 11) is 0. The number of ether oxygens (including phenoxy) is 1. The van der Waals surface area contributed by atoms with E-state index in [1.165, 1.54) is 0 Å². The van der Waals surface area contributed by atoms with E-state index in [2.05, 4.69) is 6.92 Å². The van der Waals surface area contributed by atoms with Crippen LogP contribution in [0.3, 0.4) is 0 Å². The van der Waals surface area contributed by atoms with Gasteiger partial charge in [0.15, 0.2) is 0 Å². The van der Waals surface area contributed by atoms with Gasteiger partial charge < -0.3 is 14.9 Å². The van der Waals surface area contributed by atoms with Gasteiger partial charge in [0.1, 0.15) is 0 Å². The molecule has 1 atom stereocenters. The van der Waals surface area contributed by atoms with Gasteiger partial charge in [-0.15, -0.1) is 0 Å². The summed E-state index contributed by atoms with van der Waals surface area (Å²) in [6.45, 7) is 4.78. The number of rotatable bonds is 7. The summed E-state index contributed by atoms with van der Waals surface area (Å²) in [6, 6.07) is 0. The monoisotopic (exact) mass is 176 g/mol. The third-order valence-corrected chi connectivity index (χ3v) is 1.77. The summed E-state index contributed by atoms with van der Waals surface area (Å²) in [5.41, 5.74) is -0.980. The van der Waals surface area contributed by atoms with E-state index in [0.717, 1.165) is 19.4 Å². The van der Waals surface area contributed by atoms with Crippen LogP contribution in [-0.4, -0.2) is 35.6 Å². The van der Waals surface area contributed by atoms with Crippen molar-refractivity contribution in [2.24, 2.45) is 0 Å². The molecule has 3 heteroatoms. The number of hydrogen-bond acceptors (Lipinski definition) is 3. The molecule has 0 radical (unpaired) electrons. The fraction of sp³-hybridized carbons (Fsp3) is 1.00. The van der Waals surface area contributed by atoms with Gasteiger partial charge in [-0.05, 0) is 13.3 Å². The predicted molar refractivity (Wildman–Crippen MR) is 48.1 cm³/mol. The molecule has 0 fully saturated rings. The van der Waals surface area contributed by atoms with Crippen LogP contribution in [0.25, 0.3) is 0 Å². The Morgan fingerprint density at radius 1 is 1.33 bits per heavy atom. The molecule has 0 spiro atoms. The Hall–Kier alpha value is -0.120. The van der Waals surface area contributed by atoms with Crippen LogP contribution in [-0.2, 0) is 4.74 Å². The maximum Gasteiger partial charge on any atom is 0.0871 e. The molecule has 0 aliphatic heterocycles. The van der Waals surface area contributed by atoms with Crippen molar-refractivity contribution in [3.63, 3.8) is 0 Å². The summed E-state index contributed by atoms with van der Waals surface area (Å²) in [5.74, 6) is 0. The van der Waals surface area contributed by atoms with Crippen molar-refractivity contribution < 1.29 is 14.9 Å². The first-order valence-electron chi connectivity index (χ1n) is 4.53. The Bertz CT molecular complexity index is 102. The molecule has 2 N–H and O–H groups in total. The highest BCUT2D eigenvalue weighted by Crippen LogP contribution is 2.07. The molecule has 0 rings (SSSR count). The molecule has 1 unspecified atom stereocenters. The molecule has 0 saturated heterocycles. The van der Waals surface area contributed by atoms with Gasteiger partial charge in [-0.3, -0.25) is 0 Å². The van der Waals surface area contributed by atoms with E-state index >= 15 is 0 Å². The molecular formula is C9H20O3. The van der Waals surface area contributed by atoms with E-state index in [1.807, 2.05) is 0 Å². The number of unbranched alkanes of at least 4 members (excludes halogenated alkanes) is 1. The Morgan fingerprint density at radius 2 is 2.00 bits per heavy atom. The van der Waals surface area contributed by atoms with Crippen molar-refractivity contribution >= 4 is 0 Å². The summed E-state index contributed by atoms with van der Waals surface area (Å²) in [6.07, 6.45) is 2.67. The van der Waals surface area contributed by atoms with Crippen LogP contribution in [0.1, 0.15) is 33.1 Å². The zero-order valence-electron chi connectivity index (χ0n) is 8.05. The Balaban J connectivity index is 3.19. The Kier molecular flexibility index (Phi) is 6.34. The fourth-order valence-corrected chi connectivity index (χ4v) is 0.720. The second kappa shape index (κ2) is 6.40. The van der Waals surface area contributed by atoms with E-state index in [4.69, 9.17) is 9.84 Å². The summed E-state index contributed by atoms with van der Waals surface area (Å²) >= 11 is 0. The molecule has 12 heavy (non-hydrogen) atoms. The number of aliphatic hydroxyl groups excluding tert-OH is 1. The van der Waals surface area contributed by atoms with Crippen LogP contribution in [0.2, 0.25) is 0 Å². The lowest BCUT2D eigenvalue weighted by Crippen LogP contribution is -2.30. The molecule has 0 aliphatic carbocycles. The first-order chi connectivity index (χ1) is 5.62. The van der Waals surface area contributed by atoms with Crippen LogP contribution in [0.5, 0.6) is 0 Å². The SMILES string of the molecule is CCCCOCCC(C)(O)CO. The first kappa shape index (κ1) is 11.9. The average Bonchev–Trinajstić information content (AvgIpc) is 2.04. The minimum Gasteiger partial charge on any atom is -0.393 e. The van der Waals surface area contributed by atoms with Crippen LogP contribution in [0.15, 0.2) is 0 Å². The van der Waals surface area contributed by atoms with Crippen LogP contribution in [0.4, 0.5) is 0 Å². The molecular weight excluding hydrogens is 156 g/mol. The molecule has 0 amide bonds. The average molecular weight is 176 g/mol. The molecule has 74 valence electrons. The first-order valence-corrected chi connectivity index (χ1v) is 4.53. The van der Waals surface area contributed by atoms with E-state index in [0.29, 0.717) is 13.0 Å². The number of aliphatic hydroxyl groups is 2. The van der Waals surface area contributed by atoms with Crippen molar-refractivity contribution in [3.05, 3.63) is 0 Å². The van der Waals surface area contributed by atoms with Crippen molar-refractivity contribution in [2.75, 3.05) is 19.8 Å². The minimum atomic E-state index is -0.980. The van der Waals surface area contributed by atoms with Gasteiger partial charge in [-0.1, -0.05) is 13.3 Å². The maximum absolute atomic E-state index is 9.35. The Labute approximate surface area is 74.4 Å². The number of hydrogen-bond donors (Lipinski definition) is 2. The highest BCUT2D eigenvalue weighted by atomic mass is 16.5. The van der Waals surface area contributed by atoms with Crippen molar-refractivity contribution in [3.8, 4) is 0 Å². The summed E-state index contributed by atoms with van der Waals surface area (Å²) < 4.78 is 5.24.